The Morgan fingerprint density at radius 1 is 0.857 bits per heavy atom. The number of aryl methyl sites for hydroxylation is 1. The predicted octanol–water partition coefficient (Wildman–Crippen LogP) is 4.17. The number of nitrogens with one attached hydrogen (secondary N) is 1. The maximum Gasteiger partial charge on any atom is 0.274 e. The van der Waals surface area contributed by atoms with E-state index in [0.717, 1.165) is 12.0 Å². The summed E-state index contributed by atoms with van der Waals surface area (Å²) in [7, 11) is 1.72. The fourth-order valence-electron chi connectivity index (χ4n) is 2.82. The quantitative estimate of drug-likeness (QED) is 0.705. The Bertz CT molecular complexity index is 953. The van der Waals surface area contributed by atoms with Crippen molar-refractivity contribution in [2.24, 2.45) is 0 Å². The molecule has 2 amide bonds. The van der Waals surface area contributed by atoms with E-state index >= 15 is 0 Å². The van der Waals surface area contributed by atoms with Crippen LogP contribution in [-0.2, 0) is 13.0 Å². The Balaban J connectivity index is 1.69. The first-order valence-corrected chi connectivity index (χ1v) is 9.23. The highest BCUT2D eigenvalue weighted by atomic mass is 16.2. The molecule has 1 aromatic heterocycles. The summed E-state index contributed by atoms with van der Waals surface area (Å²) < 4.78 is 0. The number of hydrogen-bond donors (Lipinski definition) is 1. The second-order valence-corrected chi connectivity index (χ2v) is 6.56. The van der Waals surface area contributed by atoms with Gasteiger partial charge in [0.05, 0.1) is 0 Å². The van der Waals surface area contributed by atoms with Crippen molar-refractivity contribution in [1.82, 2.24) is 9.88 Å². The van der Waals surface area contributed by atoms with Crippen LogP contribution in [0.5, 0.6) is 0 Å². The third-order valence-corrected chi connectivity index (χ3v) is 4.43. The molecule has 0 spiro atoms. The molecule has 0 saturated carbocycles. The Morgan fingerprint density at radius 2 is 1.54 bits per heavy atom. The van der Waals surface area contributed by atoms with Gasteiger partial charge in [0.15, 0.2) is 0 Å². The van der Waals surface area contributed by atoms with Crippen molar-refractivity contribution >= 4 is 17.5 Å². The minimum atomic E-state index is -0.343. The van der Waals surface area contributed by atoms with Gasteiger partial charge in [0.2, 0.25) is 0 Å². The highest BCUT2D eigenvalue weighted by Gasteiger charge is 2.16. The molecule has 1 N–H and O–H groups in total. The van der Waals surface area contributed by atoms with Crippen molar-refractivity contribution in [2.45, 2.75) is 19.9 Å². The van der Waals surface area contributed by atoms with E-state index in [9.17, 15) is 9.59 Å². The highest BCUT2D eigenvalue weighted by molar-refractivity contribution is 6.03. The largest absolute Gasteiger partial charge is 0.336 e. The summed E-state index contributed by atoms with van der Waals surface area (Å²) in [5, 5.41) is 2.82. The van der Waals surface area contributed by atoms with Gasteiger partial charge in [0.1, 0.15) is 11.4 Å². The Morgan fingerprint density at radius 3 is 2.21 bits per heavy atom. The van der Waals surface area contributed by atoms with Crippen LogP contribution in [0.3, 0.4) is 0 Å². The molecular weight excluding hydrogens is 350 g/mol. The van der Waals surface area contributed by atoms with E-state index in [0.29, 0.717) is 12.2 Å². The van der Waals surface area contributed by atoms with Crippen LogP contribution in [0.2, 0.25) is 0 Å². The van der Waals surface area contributed by atoms with Crippen molar-refractivity contribution < 1.29 is 9.59 Å². The molecule has 3 rings (SSSR count). The molecule has 28 heavy (non-hydrogen) atoms. The molecule has 5 nitrogen and oxygen atoms in total. The topological polar surface area (TPSA) is 62.3 Å². The Kier molecular flexibility index (Phi) is 6.17. The second kappa shape index (κ2) is 8.95. The minimum Gasteiger partial charge on any atom is -0.336 e. The summed E-state index contributed by atoms with van der Waals surface area (Å²) in [5.41, 5.74) is 3.38. The third kappa shape index (κ3) is 4.82. The number of amides is 2. The van der Waals surface area contributed by atoms with Crippen LogP contribution in [0.4, 0.5) is 5.69 Å². The number of pyridine rings is 1. The van der Waals surface area contributed by atoms with Gasteiger partial charge in [-0.05, 0) is 41.8 Å². The van der Waals surface area contributed by atoms with Gasteiger partial charge >= 0.3 is 0 Å². The Hall–Kier alpha value is -3.47. The second-order valence-electron chi connectivity index (χ2n) is 6.56. The maximum absolute atomic E-state index is 12.7. The molecule has 3 aromatic rings. The molecule has 0 aliphatic heterocycles. The average molecular weight is 373 g/mol. The normalized spacial score (nSPS) is 10.4. The fourth-order valence-corrected chi connectivity index (χ4v) is 2.82. The molecule has 5 heteroatoms. The van der Waals surface area contributed by atoms with Crippen LogP contribution < -0.4 is 5.32 Å². The molecule has 2 aromatic carbocycles. The molecule has 0 atom stereocenters. The molecule has 1 heterocycles. The van der Waals surface area contributed by atoms with Crippen molar-refractivity contribution in [1.29, 1.82) is 0 Å². The summed E-state index contributed by atoms with van der Waals surface area (Å²) in [5.74, 6) is -0.574. The molecule has 0 aliphatic rings. The summed E-state index contributed by atoms with van der Waals surface area (Å²) >= 11 is 0. The lowest BCUT2D eigenvalue weighted by molar-refractivity contribution is 0.0779. The number of carbonyl (C=O) groups is 2. The molecule has 142 valence electrons. The van der Waals surface area contributed by atoms with Crippen molar-refractivity contribution in [3.8, 4) is 0 Å². The van der Waals surface area contributed by atoms with Gasteiger partial charge in [-0.15, -0.1) is 0 Å². The van der Waals surface area contributed by atoms with Gasteiger partial charge in [0.25, 0.3) is 11.8 Å². The van der Waals surface area contributed by atoms with Crippen LogP contribution in [0.15, 0.2) is 72.8 Å². The SMILES string of the molecule is CCc1ccc(NC(=O)c2cccc(C(=O)N(C)Cc3ccccc3)n2)cc1. The lowest BCUT2D eigenvalue weighted by Gasteiger charge is -2.17. The number of benzene rings is 2. The van der Waals surface area contributed by atoms with Crippen molar-refractivity contribution in [3.05, 3.63) is 95.3 Å². The van der Waals surface area contributed by atoms with E-state index in [4.69, 9.17) is 0 Å². The van der Waals surface area contributed by atoms with E-state index in [2.05, 4.69) is 17.2 Å². The molecule has 0 aliphatic carbocycles. The number of carbonyl (C=O) groups excluding carboxylic acids is 2. The van der Waals surface area contributed by atoms with E-state index < -0.39 is 0 Å². The zero-order chi connectivity index (χ0) is 19.9. The van der Waals surface area contributed by atoms with Crippen LogP contribution >= 0.6 is 0 Å². The van der Waals surface area contributed by atoms with Crippen LogP contribution in [0, 0.1) is 0 Å². The van der Waals surface area contributed by atoms with Crippen LogP contribution in [-0.4, -0.2) is 28.7 Å². The number of aromatic nitrogens is 1. The zero-order valence-electron chi connectivity index (χ0n) is 16.1. The molecule has 0 saturated heterocycles. The number of anilines is 1. The maximum atomic E-state index is 12.7. The average Bonchev–Trinajstić information content (AvgIpc) is 2.74. The van der Waals surface area contributed by atoms with Crippen molar-refractivity contribution in [2.75, 3.05) is 12.4 Å². The first-order valence-electron chi connectivity index (χ1n) is 9.23. The van der Waals surface area contributed by atoms with Gasteiger partial charge in [-0.2, -0.15) is 0 Å². The molecule has 0 radical (unpaired) electrons. The van der Waals surface area contributed by atoms with Gasteiger partial charge in [0, 0.05) is 19.3 Å². The van der Waals surface area contributed by atoms with Crippen LogP contribution in [0.25, 0.3) is 0 Å². The van der Waals surface area contributed by atoms with E-state index in [1.165, 1.54) is 5.56 Å². The monoisotopic (exact) mass is 373 g/mol. The molecular formula is C23H23N3O2. The van der Waals surface area contributed by atoms with E-state index in [1.54, 1.807) is 30.1 Å². The lowest BCUT2D eigenvalue weighted by atomic mass is 10.1. The van der Waals surface area contributed by atoms with Crippen molar-refractivity contribution in [3.63, 3.8) is 0 Å². The first-order chi connectivity index (χ1) is 13.6. The van der Waals surface area contributed by atoms with E-state index in [1.807, 2.05) is 54.6 Å². The summed E-state index contributed by atoms with van der Waals surface area (Å²) in [6.07, 6.45) is 0.941. The van der Waals surface area contributed by atoms with Gasteiger partial charge in [-0.3, -0.25) is 9.59 Å². The third-order valence-electron chi connectivity index (χ3n) is 4.43. The van der Waals surface area contributed by atoms with Crippen LogP contribution in [0.1, 0.15) is 39.0 Å². The predicted molar refractivity (Wildman–Crippen MR) is 110 cm³/mol. The van der Waals surface area contributed by atoms with E-state index in [-0.39, 0.29) is 23.2 Å². The Labute approximate surface area is 165 Å². The summed E-state index contributed by atoms with van der Waals surface area (Å²) in [4.78, 5) is 31.0. The number of nitrogens with zero attached hydrogens (tertiary/aromatic N) is 2. The standard InChI is InChI=1S/C23H23N3O2/c1-3-17-12-14-19(15-13-17)24-22(27)20-10-7-11-21(25-20)23(28)26(2)16-18-8-5-4-6-9-18/h4-15H,3,16H2,1-2H3,(H,24,27). The zero-order valence-corrected chi connectivity index (χ0v) is 16.1. The summed E-state index contributed by atoms with van der Waals surface area (Å²) in [6.45, 7) is 2.55. The molecule has 0 bridgehead atoms. The van der Waals surface area contributed by atoms with Gasteiger partial charge < -0.3 is 10.2 Å². The molecule has 0 fully saturated rings. The smallest absolute Gasteiger partial charge is 0.274 e. The number of hydrogen-bond acceptors (Lipinski definition) is 3. The lowest BCUT2D eigenvalue weighted by Crippen LogP contribution is -2.27. The highest BCUT2D eigenvalue weighted by Crippen LogP contribution is 2.12. The van der Waals surface area contributed by atoms with Gasteiger partial charge in [-0.1, -0.05) is 55.5 Å². The first kappa shape index (κ1) is 19.3. The summed E-state index contributed by atoms with van der Waals surface area (Å²) in [6, 6.07) is 22.3. The minimum absolute atomic E-state index is 0.207. The fraction of sp³-hybridized carbons (Fsp3) is 0.174. The molecule has 0 unspecified atom stereocenters. The van der Waals surface area contributed by atoms with Gasteiger partial charge in [-0.25, -0.2) is 4.98 Å². The number of rotatable bonds is 6.